The number of aryl methyl sites for hydroxylation is 2. The van der Waals surface area contributed by atoms with Gasteiger partial charge in [0.15, 0.2) is 0 Å². The van der Waals surface area contributed by atoms with Crippen molar-refractivity contribution < 1.29 is 9.52 Å². The molecular weight excluding hydrogens is 268 g/mol. The SMILES string of the molecule is Cc1cc(C(O)c2ccco2)cc(C)c1Br. The van der Waals surface area contributed by atoms with Crippen LogP contribution in [-0.4, -0.2) is 5.11 Å². The summed E-state index contributed by atoms with van der Waals surface area (Å²) in [4.78, 5) is 0. The summed E-state index contributed by atoms with van der Waals surface area (Å²) in [5.74, 6) is 0.570. The molecule has 2 rings (SSSR count). The van der Waals surface area contributed by atoms with Crippen molar-refractivity contribution >= 4 is 15.9 Å². The van der Waals surface area contributed by atoms with E-state index < -0.39 is 6.10 Å². The molecule has 84 valence electrons. The van der Waals surface area contributed by atoms with Crippen LogP contribution in [0.25, 0.3) is 0 Å². The number of hydrogen-bond acceptors (Lipinski definition) is 2. The van der Waals surface area contributed by atoms with E-state index in [4.69, 9.17) is 4.42 Å². The summed E-state index contributed by atoms with van der Waals surface area (Å²) in [6.07, 6.45) is 0.873. The van der Waals surface area contributed by atoms with Crippen LogP contribution in [-0.2, 0) is 0 Å². The number of aliphatic hydroxyl groups excluding tert-OH is 1. The van der Waals surface area contributed by atoms with Gasteiger partial charge in [-0.2, -0.15) is 0 Å². The number of rotatable bonds is 2. The first kappa shape index (κ1) is 11.4. The minimum atomic E-state index is -0.694. The molecule has 2 aromatic rings. The predicted octanol–water partition coefficient (Wildman–Crippen LogP) is 3.74. The third-order valence-corrected chi connectivity index (χ3v) is 3.84. The molecule has 0 amide bonds. The molecule has 16 heavy (non-hydrogen) atoms. The fourth-order valence-electron chi connectivity index (χ4n) is 1.75. The zero-order chi connectivity index (χ0) is 11.7. The molecule has 1 atom stereocenters. The molecule has 3 heteroatoms. The predicted molar refractivity (Wildman–Crippen MR) is 66.4 cm³/mol. The molecule has 0 aliphatic rings. The Morgan fingerprint density at radius 3 is 2.38 bits per heavy atom. The second kappa shape index (κ2) is 4.44. The summed E-state index contributed by atoms with van der Waals surface area (Å²) in [5.41, 5.74) is 3.08. The minimum Gasteiger partial charge on any atom is -0.466 e. The van der Waals surface area contributed by atoms with Crippen LogP contribution in [0.5, 0.6) is 0 Å². The molecular formula is C13H13BrO2. The van der Waals surface area contributed by atoms with Gasteiger partial charge in [-0.25, -0.2) is 0 Å². The van der Waals surface area contributed by atoms with Crippen molar-refractivity contribution in [1.29, 1.82) is 0 Å². The molecule has 0 spiro atoms. The Kier molecular flexibility index (Phi) is 3.17. The Hall–Kier alpha value is -1.06. The first-order chi connectivity index (χ1) is 7.59. The molecule has 0 bridgehead atoms. The number of benzene rings is 1. The van der Waals surface area contributed by atoms with Gasteiger partial charge in [-0.05, 0) is 42.7 Å². The molecule has 0 aliphatic carbocycles. The first-order valence-corrected chi connectivity index (χ1v) is 5.87. The van der Waals surface area contributed by atoms with Crippen molar-refractivity contribution in [1.82, 2.24) is 0 Å². The van der Waals surface area contributed by atoms with Gasteiger partial charge < -0.3 is 9.52 Å². The second-order valence-electron chi connectivity index (χ2n) is 3.89. The monoisotopic (exact) mass is 280 g/mol. The molecule has 0 radical (unpaired) electrons. The quantitative estimate of drug-likeness (QED) is 0.909. The summed E-state index contributed by atoms with van der Waals surface area (Å²) in [6, 6.07) is 7.48. The molecule has 0 saturated heterocycles. The topological polar surface area (TPSA) is 33.4 Å². The van der Waals surface area contributed by atoms with E-state index >= 15 is 0 Å². The molecule has 0 fully saturated rings. The zero-order valence-electron chi connectivity index (χ0n) is 9.20. The average Bonchev–Trinajstić information content (AvgIpc) is 2.77. The van der Waals surface area contributed by atoms with Crippen LogP contribution in [0.2, 0.25) is 0 Å². The van der Waals surface area contributed by atoms with Crippen molar-refractivity contribution in [2.45, 2.75) is 20.0 Å². The van der Waals surface area contributed by atoms with Crippen molar-refractivity contribution in [3.8, 4) is 0 Å². The largest absolute Gasteiger partial charge is 0.466 e. The Labute approximate surface area is 103 Å². The maximum absolute atomic E-state index is 10.1. The van der Waals surface area contributed by atoms with Gasteiger partial charge in [0.25, 0.3) is 0 Å². The molecule has 0 saturated carbocycles. The van der Waals surface area contributed by atoms with Crippen LogP contribution in [0.4, 0.5) is 0 Å². The van der Waals surface area contributed by atoms with Crippen LogP contribution in [0.3, 0.4) is 0 Å². The van der Waals surface area contributed by atoms with Gasteiger partial charge in [0.05, 0.1) is 6.26 Å². The van der Waals surface area contributed by atoms with Gasteiger partial charge >= 0.3 is 0 Å². The molecule has 1 unspecified atom stereocenters. The van der Waals surface area contributed by atoms with Gasteiger partial charge in [-0.1, -0.05) is 28.1 Å². The van der Waals surface area contributed by atoms with Gasteiger partial charge in [-0.3, -0.25) is 0 Å². The summed E-state index contributed by atoms with van der Waals surface area (Å²) < 4.78 is 6.28. The van der Waals surface area contributed by atoms with Gasteiger partial charge in [0, 0.05) is 4.47 Å². The lowest BCUT2D eigenvalue weighted by molar-refractivity contribution is 0.189. The van der Waals surface area contributed by atoms with E-state index in [0.29, 0.717) is 5.76 Å². The molecule has 1 heterocycles. The van der Waals surface area contributed by atoms with Crippen molar-refractivity contribution in [2.75, 3.05) is 0 Å². The fourth-order valence-corrected chi connectivity index (χ4v) is 1.98. The molecule has 0 aliphatic heterocycles. The minimum absolute atomic E-state index is 0.570. The first-order valence-electron chi connectivity index (χ1n) is 5.07. The van der Waals surface area contributed by atoms with Crippen LogP contribution < -0.4 is 0 Å². The highest BCUT2D eigenvalue weighted by molar-refractivity contribution is 9.10. The molecule has 1 N–H and O–H groups in total. The molecule has 1 aromatic carbocycles. The van der Waals surface area contributed by atoms with Crippen molar-refractivity contribution in [3.05, 3.63) is 57.5 Å². The van der Waals surface area contributed by atoms with Crippen molar-refractivity contribution in [3.63, 3.8) is 0 Å². The van der Waals surface area contributed by atoms with Crippen LogP contribution in [0.15, 0.2) is 39.4 Å². The van der Waals surface area contributed by atoms with E-state index in [1.807, 2.05) is 26.0 Å². The third-order valence-electron chi connectivity index (χ3n) is 2.59. The van der Waals surface area contributed by atoms with E-state index in [1.54, 1.807) is 18.4 Å². The molecule has 2 nitrogen and oxygen atoms in total. The van der Waals surface area contributed by atoms with E-state index in [-0.39, 0.29) is 0 Å². The average molecular weight is 281 g/mol. The summed E-state index contributed by atoms with van der Waals surface area (Å²) in [7, 11) is 0. The summed E-state index contributed by atoms with van der Waals surface area (Å²) in [6.45, 7) is 4.02. The number of hydrogen-bond donors (Lipinski definition) is 1. The Morgan fingerprint density at radius 2 is 1.88 bits per heavy atom. The fraction of sp³-hybridized carbons (Fsp3) is 0.231. The highest BCUT2D eigenvalue weighted by Crippen LogP contribution is 2.28. The van der Waals surface area contributed by atoms with Crippen LogP contribution >= 0.6 is 15.9 Å². The summed E-state index contributed by atoms with van der Waals surface area (Å²) in [5, 5.41) is 10.1. The molecule has 1 aromatic heterocycles. The van der Waals surface area contributed by atoms with Gasteiger partial charge in [0.2, 0.25) is 0 Å². The van der Waals surface area contributed by atoms with Gasteiger partial charge in [0.1, 0.15) is 11.9 Å². The smallest absolute Gasteiger partial charge is 0.137 e. The van der Waals surface area contributed by atoms with E-state index in [9.17, 15) is 5.11 Å². The third kappa shape index (κ3) is 2.06. The van der Waals surface area contributed by atoms with Crippen molar-refractivity contribution in [2.24, 2.45) is 0 Å². The maximum atomic E-state index is 10.1. The Balaban J connectivity index is 2.42. The van der Waals surface area contributed by atoms with Gasteiger partial charge in [-0.15, -0.1) is 0 Å². The standard InChI is InChI=1S/C13H13BrO2/c1-8-6-10(7-9(2)12(8)14)13(15)11-4-3-5-16-11/h3-7,13,15H,1-2H3. The lowest BCUT2D eigenvalue weighted by atomic mass is 10.0. The highest BCUT2D eigenvalue weighted by atomic mass is 79.9. The van der Waals surface area contributed by atoms with E-state index in [1.165, 1.54) is 0 Å². The van der Waals surface area contributed by atoms with Crippen LogP contribution in [0.1, 0.15) is 28.6 Å². The van der Waals surface area contributed by atoms with E-state index in [2.05, 4.69) is 15.9 Å². The maximum Gasteiger partial charge on any atom is 0.137 e. The Morgan fingerprint density at radius 1 is 1.25 bits per heavy atom. The number of furan rings is 1. The zero-order valence-corrected chi connectivity index (χ0v) is 10.8. The number of halogens is 1. The Bertz CT molecular complexity index is 466. The van der Waals surface area contributed by atoms with E-state index in [0.717, 1.165) is 21.2 Å². The highest BCUT2D eigenvalue weighted by Gasteiger charge is 2.14. The van der Waals surface area contributed by atoms with Crippen LogP contribution in [0, 0.1) is 13.8 Å². The summed E-state index contributed by atoms with van der Waals surface area (Å²) >= 11 is 3.51. The second-order valence-corrected chi connectivity index (χ2v) is 4.68. The number of aliphatic hydroxyl groups is 1. The lowest BCUT2D eigenvalue weighted by Gasteiger charge is -2.12. The lowest BCUT2D eigenvalue weighted by Crippen LogP contribution is -1.99. The normalized spacial score (nSPS) is 12.8.